The van der Waals surface area contributed by atoms with Gasteiger partial charge in [0.05, 0.1) is 49.7 Å². The predicted octanol–water partition coefficient (Wildman–Crippen LogP) is 1.27. The molecule has 2 unspecified atom stereocenters. The summed E-state index contributed by atoms with van der Waals surface area (Å²) < 4.78 is 25.9. The van der Waals surface area contributed by atoms with Crippen LogP contribution in [0.25, 0.3) is 0 Å². The van der Waals surface area contributed by atoms with Crippen LogP contribution in [0.4, 0.5) is 10.5 Å². The Morgan fingerprint density at radius 3 is 1.58 bits per heavy atom. The lowest BCUT2D eigenvalue weighted by atomic mass is 10.1. The Kier molecular flexibility index (Phi) is 15.4. The van der Waals surface area contributed by atoms with Crippen molar-refractivity contribution in [3.8, 4) is 0 Å². The molecule has 1 aromatic rings. The number of benzene rings is 1. The number of aliphatic hydroxyl groups excluding tert-OH is 1. The molecule has 1 aromatic carbocycles. The second-order valence-electron chi connectivity index (χ2n) is 9.31. The Balaban J connectivity index is 2.56. The Morgan fingerprint density at radius 2 is 1.22 bits per heavy atom. The zero-order valence-corrected chi connectivity index (χ0v) is 30.9. The summed E-state index contributed by atoms with van der Waals surface area (Å²) in [4.78, 5) is 86.9. The van der Waals surface area contributed by atoms with E-state index in [0.717, 1.165) is 18.7 Å². The minimum absolute atomic E-state index is 0.0290. The number of nitrogens with zero attached hydrogens (tertiary/aromatic N) is 1. The lowest BCUT2D eigenvalue weighted by molar-refractivity contribution is -0.155. The maximum atomic E-state index is 13.6. The highest BCUT2D eigenvalue weighted by Crippen LogP contribution is 2.40. The number of anilines is 1. The van der Waals surface area contributed by atoms with Crippen LogP contribution in [0.3, 0.4) is 0 Å². The molecule has 3 N–H and O–H groups in total. The van der Waals surface area contributed by atoms with Crippen LogP contribution in [0.2, 0.25) is 0 Å². The lowest BCUT2D eigenvalue weighted by Crippen LogP contribution is -2.41. The van der Waals surface area contributed by atoms with Crippen LogP contribution in [-0.4, -0.2) is 105 Å². The van der Waals surface area contributed by atoms with Gasteiger partial charge in [0.2, 0.25) is 0 Å². The predicted molar refractivity (Wildman–Crippen MR) is 178 cm³/mol. The summed E-state index contributed by atoms with van der Waals surface area (Å²) in [5.41, 5.74) is 0.0682. The molecule has 0 bridgehead atoms. The normalized spacial score (nSPS) is 15.3. The number of cyclic esters (lactones) is 1. The first-order valence-electron chi connectivity index (χ1n) is 13.0. The SMILES string of the molecule is CC(=O)OCC(CNC(=O)c1c(I)c(C(=O)NCC(COC(C)=O)OC(C)=O)c(I)c(N2C(=O)OC[C@H]2CO)c1I)OC(C)=O. The third-order valence-corrected chi connectivity index (χ3v) is 8.93. The van der Waals surface area contributed by atoms with E-state index in [1.807, 2.05) is 45.2 Å². The number of rotatable bonds is 14. The van der Waals surface area contributed by atoms with E-state index in [2.05, 4.69) is 10.6 Å². The maximum Gasteiger partial charge on any atom is 0.414 e. The molecule has 2 rings (SSSR count). The van der Waals surface area contributed by atoms with E-state index in [-0.39, 0.29) is 60.4 Å². The van der Waals surface area contributed by atoms with E-state index in [1.54, 1.807) is 22.6 Å². The molecule has 19 heteroatoms. The van der Waals surface area contributed by atoms with Gasteiger partial charge in [-0.25, -0.2) is 4.79 Å². The molecule has 45 heavy (non-hydrogen) atoms. The van der Waals surface area contributed by atoms with Gasteiger partial charge in [-0.15, -0.1) is 0 Å². The molecule has 248 valence electrons. The van der Waals surface area contributed by atoms with Gasteiger partial charge in [0.1, 0.15) is 19.8 Å². The largest absolute Gasteiger partial charge is 0.462 e. The molecule has 1 fully saturated rings. The van der Waals surface area contributed by atoms with Gasteiger partial charge in [-0.1, -0.05) is 0 Å². The molecule has 1 aliphatic rings. The average Bonchev–Trinajstić information content (AvgIpc) is 3.30. The first-order chi connectivity index (χ1) is 21.1. The molecule has 16 nitrogen and oxygen atoms in total. The third kappa shape index (κ3) is 11.0. The van der Waals surface area contributed by atoms with Crippen LogP contribution in [0, 0.1) is 10.7 Å². The van der Waals surface area contributed by atoms with Crippen LogP contribution >= 0.6 is 67.8 Å². The van der Waals surface area contributed by atoms with Gasteiger partial charge in [-0.2, -0.15) is 0 Å². The van der Waals surface area contributed by atoms with Gasteiger partial charge in [-0.05, 0) is 67.8 Å². The van der Waals surface area contributed by atoms with E-state index >= 15 is 0 Å². The highest BCUT2D eigenvalue weighted by Gasteiger charge is 2.40. The highest BCUT2D eigenvalue weighted by atomic mass is 127. The monoisotopic (exact) mass is 973 g/mol. The highest BCUT2D eigenvalue weighted by molar-refractivity contribution is 14.1. The van der Waals surface area contributed by atoms with E-state index < -0.39 is 66.6 Å². The number of ether oxygens (including phenoxy) is 5. The quantitative estimate of drug-likeness (QED) is 0.136. The number of hydrogen-bond acceptors (Lipinski definition) is 13. The van der Waals surface area contributed by atoms with Crippen molar-refractivity contribution in [3.63, 3.8) is 0 Å². The first kappa shape index (κ1) is 38.6. The number of hydrogen-bond donors (Lipinski definition) is 3. The Bertz CT molecular complexity index is 1280. The minimum Gasteiger partial charge on any atom is -0.462 e. The fourth-order valence-corrected chi connectivity index (χ4v) is 8.54. The second-order valence-corrected chi connectivity index (χ2v) is 12.5. The standard InChI is InChI=1S/C26H30I3N3O13/c1-11(34)41-9-16(44-13(3)36)5-30-24(38)18-20(27)19(25(39)31-6-17(45-14(4)37)10-42-12(2)35)22(29)23(21(18)28)32-15(7-33)8-43-26(32)40/h15-17,33H,5-10H2,1-4H3,(H,30,38)(H,31,39)/t15-,16?,17?/m1/s1. The van der Waals surface area contributed by atoms with Crippen molar-refractivity contribution in [2.45, 2.75) is 45.9 Å². The first-order valence-corrected chi connectivity index (χ1v) is 16.3. The summed E-state index contributed by atoms with van der Waals surface area (Å²) in [6.07, 6.45) is -2.87. The van der Waals surface area contributed by atoms with E-state index in [0.29, 0.717) is 0 Å². The molecular formula is C26H30I3N3O13. The van der Waals surface area contributed by atoms with Gasteiger partial charge < -0.3 is 39.4 Å². The summed E-state index contributed by atoms with van der Waals surface area (Å²) in [6.45, 7) is 2.81. The van der Waals surface area contributed by atoms with Crippen molar-refractivity contribution in [1.82, 2.24) is 10.6 Å². The van der Waals surface area contributed by atoms with E-state index in [4.69, 9.17) is 23.7 Å². The zero-order valence-electron chi connectivity index (χ0n) is 24.4. The topological polar surface area (TPSA) is 213 Å². The zero-order chi connectivity index (χ0) is 34.0. The van der Waals surface area contributed by atoms with Crippen LogP contribution in [0.5, 0.6) is 0 Å². The fraction of sp³-hybridized carbons (Fsp3) is 0.500. The van der Waals surface area contributed by atoms with Gasteiger partial charge in [-0.3, -0.25) is 33.7 Å². The smallest absolute Gasteiger partial charge is 0.414 e. The molecule has 0 saturated carbocycles. The fourth-order valence-electron chi connectivity index (χ4n) is 3.88. The molecule has 0 aliphatic carbocycles. The van der Waals surface area contributed by atoms with Crippen molar-refractivity contribution < 1.29 is 62.4 Å². The number of esters is 4. The maximum absolute atomic E-state index is 13.6. The van der Waals surface area contributed by atoms with Crippen molar-refractivity contribution in [2.24, 2.45) is 0 Å². The number of carbonyl (C=O) groups excluding carboxylic acids is 7. The van der Waals surface area contributed by atoms with Crippen LogP contribution < -0.4 is 15.5 Å². The molecule has 1 saturated heterocycles. The van der Waals surface area contributed by atoms with Crippen molar-refractivity contribution >= 4 is 115 Å². The number of carbonyl (C=O) groups is 7. The second kappa shape index (κ2) is 18.0. The molecular weight excluding hydrogens is 943 g/mol. The lowest BCUT2D eigenvalue weighted by Gasteiger charge is -2.26. The molecule has 3 amide bonds. The van der Waals surface area contributed by atoms with Crippen LogP contribution in [0.1, 0.15) is 48.4 Å². The van der Waals surface area contributed by atoms with Crippen molar-refractivity contribution in [2.75, 3.05) is 44.4 Å². The Hall–Kier alpha value is -2.54. The Morgan fingerprint density at radius 1 is 0.800 bits per heavy atom. The van der Waals surface area contributed by atoms with Crippen LogP contribution in [-0.2, 0) is 42.9 Å². The summed E-state index contributed by atoms with van der Waals surface area (Å²) >= 11 is 5.49. The number of amides is 3. The molecule has 1 heterocycles. The minimum atomic E-state index is -1.03. The van der Waals surface area contributed by atoms with Crippen LogP contribution in [0.15, 0.2) is 0 Å². The van der Waals surface area contributed by atoms with Gasteiger partial charge in [0, 0.05) is 31.3 Å². The molecule has 0 radical (unpaired) electrons. The number of aliphatic hydroxyl groups is 1. The number of halogens is 3. The summed E-state index contributed by atoms with van der Waals surface area (Å²) in [6, 6.07) is -0.819. The summed E-state index contributed by atoms with van der Waals surface area (Å²) in [5.74, 6) is -4.05. The average molecular weight is 973 g/mol. The molecule has 1 aliphatic heterocycles. The summed E-state index contributed by atoms with van der Waals surface area (Å²) in [7, 11) is 0. The van der Waals surface area contributed by atoms with Gasteiger partial charge in [0.15, 0.2) is 12.2 Å². The molecule has 0 aromatic heterocycles. The summed E-state index contributed by atoms with van der Waals surface area (Å²) in [5, 5.41) is 15.1. The van der Waals surface area contributed by atoms with Gasteiger partial charge in [0.25, 0.3) is 11.8 Å². The van der Waals surface area contributed by atoms with Crippen molar-refractivity contribution in [1.29, 1.82) is 0 Å². The van der Waals surface area contributed by atoms with Crippen molar-refractivity contribution in [3.05, 3.63) is 21.8 Å². The number of nitrogens with one attached hydrogen (secondary N) is 2. The van der Waals surface area contributed by atoms with E-state index in [9.17, 15) is 38.7 Å². The third-order valence-electron chi connectivity index (χ3n) is 5.75. The Labute approximate surface area is 298 Å². The van der Waals surface area contributed by atoms with E-state index in [1.165, 1.54) is 13.8 Å². The van der Waals surface area contributed by atoms with Gasteiger partial charge >= 0.3 is 30.0 Å². The molecule has 3 atom stereocenters. The molecule has 0 spiro atoms.